The number of likely N-dealkylation sites (N-methyl/N-ethyl adjacent to an activating group) is 1. The van der Waals surface area contributed by atoms with Crippen LogP contribution in [0.2, 0.25) is 0 Å². The third-order valence-corrected chi connectivity index (χ3v) is 5.22. The van der Waals surface area contributed by atoms with Crippen LogP contribution in [0.1, 0.15) is 5.56 Å². The molecule has 1 heterocycles. The molecule has 0 aliphatic carbocycles. The predicted octanol–water partition coefficient (Wildman–Crippen LogP) is 2.67. The van der Waals surface area contributed by atoms with Crippen molar-refractivity contribution in [2.45, 2.75) is 17.3 Å². The number of anilines is 2. The van der Waals surface area contributed by atoms with Gasteiger partial charge in [0, 0.05) is 19.3 Å². The minimum absolute atomic E-state index is 0.233. The number of benzene rings is 1. The number of nitrogens with zero attached hydrogens (tertiary/aromatic N) is 3. The number of carbonyl (C=O) groups is 1. The lowest BCUT2D eigenvalue weighted by Gasteiger charge is -2.19. The Labute approximate surface area is 163 Å². The lowest BCUT2D eigenvalue weighted by Crippen LogP contribution is -2.31. The zero-order valence-corrected chi connectivity index (χ0v) is 15.9. The molecular weight excluding hydrogens is 417 g/mol. The minimum Gasteiger partial charge on any atom is -0.360 e. The number of nitro benzene ring substituents is 1. The number of sulfone groups is 1. The molecule has 1 aromatic carbocycles. The molecule has 1 N–H and O–H groups in total. The Kier molecular flexibility index (Phi) is 6.11. The maximum absolute atomic E-state index is 12.7. The molecule has 0 saturated heterocycles. The van der Waals surface area contributed by atoms with E-state index >= 15 is 0 Å². The van der Waals surface area contributed by atoms with Gasteiger partial charge in [-0.3, -0.25) is 14.9 Å². The molecule has 2 aromatic rings. The Balaban J connectivity index is 2.29. The van der Waals surface area contributed by atoms with E-state index in [0.717, 1.165) is 16.5 Å². The highest BCUT2D eigenvalue weighted by Gasteiger charge is 2.47. The Hall–Kier alpha value is -3.22. The maximum atomic E-state index is 12.7. The van der Waals surface area contributed by atoms with E-state index in [4.69, 9.17) is 0 Å². The van der Waals surface area contributed by atoms with Gasteiger partial charge in [-0.15, -0.1) is 0 Å². The Morgan fingerprint density at radius 1 is 1.28 bits per heavy atom. The number of aryl methyl sites for hydroxylation is 1. The van der Waals surface area contributed by atoms with Crippen LogP contribution in [0.5, 0.6) is 0 Å². The topological polar surface area (TPSA) is 123 Å². The second-order valence-corrected chi connectivity index (χ2v) is 7.92. The minimum atomic E-state index is -5.75. The van der Waals surface area contributed by atoms with Crippen LogP contribution in [-0.2, 0) is 14.6 Å². The smallest absolute Gasteiger partial charge is 0.360 e. The summed E-state index contributed by atoms with van der Waals surface area (Å²) in [5, 5.41) is 13.7. The largest absolute Gasteiger partial charge is 0.501 e. The van der Waals surface area contributed by atoms with Crippen LogP contribution in [0.15, 0.2) is 41.4 Å². The number of alkyl halides is 3. The van der Waals surface area contributed by atoms with Gasteiger partial charge in [-0.25, -0.2) is 13.4 Å². The fraction of sp³-hybridized carbons (Fsp3) is 0.250. The van der Waals surface area contributed by atoms with Crippen LogP contribution in [0.25, 0.3) is 0 Å². The number of carbonyl (C=O) groups excluding carboxylic acids is 1. The quantitative estimate of drug-likeness (QED) is 0.550. The van der Waals surface area contributed by atoms with Crippen molar-refractivity contribution in [2.75, 3.05) is 23.8 Å². The Morgan fingerprint density at radius 3 is 2.48 bits per heavy atom. The number of amides is 1. The molecule has 0 aliphatic rings. The van der Waals surface area contributed by atoms with Gasteiger partial charge in [0.1, 0.15) is 11.5 Å². The molecule has 13 heteroatoms. The van der Waals surface area contributed by atoms with Crippen molar-refractivity contribution in [3.8, 4) is 0 Å². The fourth-order valence-electron chi connectivity index (χ4n) is 2.36. The van der Waals surface area contributed by atoms with Crippen molar-refractivity contribution in [1.82, 2.24) is 4.98 Å². The molecule has 0 unspecified atom stereocenters. The first-order chi connectivity index (χ1) is 13.3. The fourth-order valence-corrected chi connectivity index (χ4v) is 3.14. The summed E-state index contributed by atoms with van der Waals surface area (Å²) in [5.74, 6) is -0.337. The first kappa shape index (κ1) is 22.1. The van der Waals surface area contributed by atoms with Crippen molar-refractivity contribution in [3.63, 3.8) is 0 Å². The molecular formula is C16H15F3N4O5S. The Morgan fingerprint density at radius 2 is 1.93 bits per heavy atom. The van der Waals surface area contributed by atoms with Gasteiger partial charge in [-0.1, -0.05) is 0 Å². The van der Waals surface area contributed by atoms with E-state index in [0.29, 0.717) is 12.1 Å². The molecule has 156 valence electrons. The number of aromatic nitrogens is 1. The van der Waals surface area contributed by atoms with Gasteiger partial charge in [0.15, 0.2) is 0 Å². The summed E-state index contributed by atoms with van der Waals surface area (Å²) in [6, 6.07) is 5.06. The van der Waals surface area contributed by atoms with Gasteiger partial charge in [0.25, 0.3) is 15.5 Å². The van der Waals surface area contributed by atoms with Crippen LogP contribution in [-0.4, -0.2) is 43.3 Å². The molecule has 0 radical (unpaired) electrons. The molecule has 9 nitrogen and oxygen atoms in total. The molecule has 0 saturated carbocycles. The number of nitrogens with one attached hydrogen (secondary N) is 1. The molecule has 0 bridgehead atoms. The summed E-state index contributed by atoms with van der Waals surface area (Å²) < 4.78 is 61.0. The van der Waals surface area contributed by atoms with Crippen LogP contribution >= 0.6 is 0 Å². The van der Waals surface area contributed by atoms with E-state index in [1.807, 2.05) is 0 Å². The predicted molar refractivity (Wildman–Crippen MR) is 97.2 cm³/mol. The summed E-state index contributed by atoms with van der Waals surface area (Å²) in [4.78, 5) is 26.2. The van der Waals surface area contributed by atoms with Crippen molar-refractivity contribution in [3.05, 3.63) is 52.2 Å². The van der Waals surface area contributed by atoms with Crippen molar-refractivity contribution in [2.24, 2.45) is 0 Å². The normalized spacial score (nSPS) is 11.8. The van der Waals surface area contributed by atoms with Gasteiger partial charge in [0.2, 0.25) is 5.91 Å². The molecule has 0 aliphatic heterocycles. The highest BCUT2D eigenvalue weighted by atomic mass is 32.2. The molecule has 29 heavy (non-hydrogen) atoms. The lowest BCUT2D eigenvalue weighted by atomic mass is 10.2. The number of rotatable bonds is 6. The van der Waals surface area contributed by atoms with E-state index in [2.05, 4.69) is 10.3 Å². The SMILES string of the molecule is Cc1ccnc(NC(=O)CN(C)c2ccc(S(=O)(=O)C(F)(F)F)cc2[N+](=O)[O-])c1. The zero-order chi connectivity index (χ0) is 22.0. The van der Waals surface area contributed by atoms with Crippen LogP contribution in [0, 0.1) is 17.0 Å². The summed E-state index contributed by atoms with van der Waals surface area (Å²) >= 11 is 0. The maximum Gasteiger partial charge on any atom is 0.501 e. The summed E-state index contributed by atoms with van der Waals surface area (Å²) in [6.07, 6.45) is 1.47. The van der Waals surface area contributed by atoms with Crippen molar-refractivity contribution < 1.29 is 31.3 Å². The van der Waals surface area contributed by atoms with Gasteiger partial charge < -0.3 is 10.2 Å². The molecule has 0 spiro atoms. The number of hydrogen-bond donors (Lipinski definition) is 1. The zero-order valence-electron chi connectivity index (χ0n) is 15.1. The summed E-state index contributed by atoms with van der Waals surface area (Å²) in [6.45, 7) is 1.38. The lowest BCUT2D eigenvalue weighted by molar-refractivity contribution is -0.384. The van der Waals surface area contributed by atoms with Gasteiger partial charge in [-0.05, 0) is 36.8 Å². The highest BCUT2D eigenvalue weighted by Crippen LogP contribution is 2.35. The first-order valence-electron chi connectivity index (χ1n) is 7.86. The van der Waals surface area contributed by atoms with Gasteiger partial charge in [0.05, 0.1) is 16.4 Å². The molecule has 2 rings (SSSR count). The average Bonchev–Trinajstić information content (AvgIpc) is 2.59. The van der Waals surface area contributed by atoms with E-state index in [-0.39, 0.29) is 11.5 Å². The summed E-state index contributed by atoms with van der Waals surface area (Å²) in [5.41, 5.74) is -5.89. The van der Waals surface area contributed by atoms with Crippen LogP contribution in [0.4, 0.5) is 30.4 Å². The monoisotopic (exact) mass is 432 g/mol. The van der Waals surface area contributed by atoms with Crippen molar-refractivity contribution in [1.29, 1.82) is 0 Å². The average molecular weight is 432 g/mol. The van der Waals surface area contributed by atoms with Crippen LogP contribution < -0.4 is 10.2 Å². The van der Waals surface area contributed by atoms with Gasteiger partial charge in [-0.2, -0.15) is 13.2 Å². The molecule has 1 amide bonds. The Bertz CT molecular complexity index is 1060. The number of hydrogen-bond acceptors (Lipinski definition) is 7. The second-order valence-electron chi connectivity index (χ2n) is 5.98. The second kappa shape index (κ2) is 8.03. The number of halogens is 3. The third kappa shape index (κ3) is 4.99. The van der Waals surface area contributed by atoms with E-state index in [1.54, 1.807) is 19.1 Å². The molecule has 0 atom stereocenters. The van der Waals surface area contributed by atoms with E-state index < -0.39 is 43.3 Å². The van der Waals surface area contributed by atoms with E-state index in [9.17, 15) is 36.5 Å². The number of pyridine rings is 1. The highest BCUT2D eigenvalue weighted by molar-refractivity contribution is 7.92. The first-order valence-corrected chi connectivity index (χ1v) is 9.34. The van der Waals surface area contributed by atoms with E-state index in [1.165, 1.54) is 13.2 Å². The van der Waals surface area contributed by atoms with Crippen molar-refractivity contribution >= 4 is 32.9 Å². The van der Waals surface area contributed by atoms with Crippen LogP contribution in [0.3, 0.4) is 0 Å². The summed E-state index contributed by atoms with van der Waals surface area (Å²) in [7, 11) is -4.46. The standard InChI is InChI=1S/C16H15F3N4O5S/c1-10-5-6-20-14(7-10)21-15(24)9-22(2)12-4-3-11(8-13(12)23(25)26)29(27,28)16(17,18)19/h3-8H,9H2,1-2H3,(H,20,21,24). The molecule has 1 aromatic heterocycles. The van der Waals surface area contributed by atoms with Gasteiger partial charge >= 0.3 is 5.51 Å². The number of nitro groups is 1. The molecule has 0 fully saturated rings. The third-order valence-electron chi connectivity index (χ3n) is 3.73.